The highest BCUT2D eigenvalue weighted by molar-refractivity contribution is 8.15. The van der Waals surface area contributed by atoms with Gasteiger partial charge in [0.2, 0.25) is 11.8 Å². The minimum Gasteiger partial charge on any atom is -0.497 e. The molecule has 39 heavy (non-hydrogen) atoms. The lowest BCUT2D eigenvalue weighted by atomic mass is 10.1. The summed E-state index contributed by atoms with van der Waals surface area (Å²) in [5, 5.41) is 2.68. The molecule has 10 heteroatoms. The Labute approximate surface area is 232 Å². The van der Waals surface area contributed by atoms with E-state index in [1.165, 1.54) is 11.8 Å². The van der Waals surface area contributed by atoms with Crippen molar-refractivity contribution in [3.63, 3.8) is 0 Å². The van der Waals surface area contributed by atoms with Crippen LogP contribution < -0.4 is 24.3 Å². The molecule has 1 aliphatic heterocycles. The van der Waals surface area contributed by atoms with Crippen molar-refractivity contribution >= 4 is 40.1 Å². The van der Waals surface area contributed by atoms with Crippen molar-refractivity contribution in [1.29, 1.82) is 0 Å². The number of hydrogen-bond donors (Lipinski definition) is 1. The van der Waals surface area contributed by atoms with E-state index in [9.17, 15) is 9.59 Å². The van der Waals surface area contributed by atoms with Gasteiger partial charge in [0.1, 0.15) is 16.7 Å². The summed E-state index contributed by atoms with van der Waals surface area (Å²) in [5.74, 6) is 2.02. The molecule has 2 amide bonds. The summed E-state index contributed by atoms with van der Waals surface area (Å²) in [7, 11) is 4.72. The van der Waals surface area contributed by atoms with E-state index in [0.29, 0.717) is 46.1 Å². The van der Waals surface area contributed by atoms with Crippen molar-refractivity contribution in [3.8, 4) is 23.0 Å². The molecule has 0 bridgehead atoms. The molecule has 1 heterocycles. The highest BCUT2D eigenvalue weighted by Crippen LogP contribution is 2.33. The summed E-state index contributed by atoms with van der Waals surface area (Å²) < 4.78 is 21.5. The highest BCUT2D eigenvalue weighted by atomic mass is 32.2. The van der Waals surface area contributed by atoms with Crippen molar-refractivity contribution < 1.29 is 28.5 Å². The Balaban J connectivity index is 1.60. The van der Waals surface area contributed by atoms with Gasteiger partial charge >= 0.3 is 0 Å². The predicted octanol–water partition coefficient (Wildman–Crippen LogP) is 5.27. The zero-order valence-corrected chi connectivity index (χ0v) is 23.1. The van der Waals surface area contributed by atoms with Crippen LogP contribution in [-0.4, -0.2) is 55.1 Å². The first kappa shape index (κ1) is 27.8. The number of methoxy groups -OCH3 is 3. The molecule has 1 saturated heterocycles. The first-order valence-electron chi connectivity index (χ1n) is 12.4. The van der Waals surface area contributed by atoms with Gasteiger partial charge in [-0.2, -0.15) is 0 Å². The third kappa shape index (κ3) is 7.02. The van der Waals surface area contributed by atoms with E-state index < -0.39 is 5.25 Å². The third-order valence-electron chi connectivity index (χ3n) is 5.93. The lowest BCUT2D eigenvalue weighted by molar-refractivity contribution is -0.129. The van der Waals surface area contributed by atoms with Crippen LogP contribution in [0.1, 0.15) is 18.9 Å². The largest absolute Gasteiger partial charge is 0.497 e. The second-order valence-electron chi connectivity index (χ2n) is 8.52. The van der Waals surface area contributed by atoms with Crippen LogP contribution in [0.3, 0.4) is 0 Å². The van der Waals surface area contributed by atoms with Crippen molar-refractivity contribution in [2.24, 2.45) is 4.99 Å². The number of nitrogens with zero attached hydrogens (tertiary/aromatic N) is 2. The maximum Gasteiger partial charge on any atom is 0.238 e. The van der Waals surface area contributed by atoms with Crippen LogP contribution in [0.4, 0.5) is 11.4 Å². The lowest BCUT2D eigenvalue weighted by Crippen LogP contribution is -2.44. The second-order valence-corrected chi connectivity index (χ2v) is 9.69. The van der Waals surface area contributed by atoms with Gasteiger partial charge in [0, 0.05) is 18.2 Å². The van der Waals surface area contributed by atoms with E-state index in [2.05, 4.69) is 5.32 Å². The smallest absolute Gasteiger partial charge is 0.238 e. The quantitative estimate of drug-likeness (QED) is 0.368. The summed E-state index contributed by atoms with van der Waals surface area (Å²) in [4.78, 5) is 33.0. The number of anilines is 1. The van der Waals surface area contributed by atoms with Crippen LogP contribution >= 0.6 is 11.8 Å². The molecule has 3 aromatic rings. The SMILES string of the molecule is CCOc1cccc(NC(=O)C2CC(=O)N(Cc3ccc(OC)c(OC)c3)C(=Nc3ccc(OC)cc3)S2)c1. The molecule has 0 aromatic heterocycles. The first-order valence-corrected chi connectivity index (χ1v) is 13.3. The number of amides is 2. The Kier molecular flexibility index (Phi) is 9.32. The van der Waals surface area contributed by atoms with E-state index in [0.717, 1.165) is 5.56 Å². The lowest BCUT2D eigenvalue weighted by Gasteiger charge is -2.32. The average Bonchev–Trinajstić information content (AvgIpc) is 2.95. The van der Waals surface area contributed by atoms with Crippen LogP contribution in [-0.2, 0) is 16.1 Å². The number of ether oxygens (including phenoxy) is 4. The molecular formula is C29H31N3O6S. The average molecular weight is 550 g/mol. The van der Waals surface area contributed by atoms with Crippen LogP contribution in [0.15, 0.2) is 71.7 Å². The van der Waals surface area contributed by atoms with E-state index in [1.54, 1.807) is 74.8 Å². The highest BCUT2D eigenvalue weighted by Gasteiger charge is 2.36. The summed E-state index contributed by atoms with van der Waals surface area (Å²) >= 11 is 1.25. The van der Waals surface area contributed by atoms with Crippen molar-refractivity contribution in [2.75, 3.05) is 33.3 Å². The Hall–Kier alpha value is -4.18. The van der Waals surface area contributed by atoms with Crippen molar-refractivity contribution in [2.45, 2.75) is 25.1 Å². The molecule has 0 aliphatic carbocycles. The fraction of sp³-hybridized carbons (Fsp3) is 0.276. The van der Waals surface area contributed by atoms with E-state index in [4.69, 9.17) is 23.9 Å². The maximum absolute atomic E-state index is 13.4. The number of benzene rings is 3. The summed E-state index contributed by atoms with van der Waals surface area (Å²) in [6, 6.07) is 19.8. The minimum atomic E-state index is -0.660. The topological polar surface area (TPSA) is 98.7 Å². The number of carbonyl (C=O) groups is 2. The van der Waals surface area contributed by atoms with Gasteiger partial charge in [0.25, 0.3) is 0 Å². The van der Waals surface area contributed by atoms with Gasteiger partial charge in [0.05, 0.1) is 40.2 Å². The fourth-order valence-corrected chi connectivity index (χ4v) is 5.08. The molecule has 0 radical (unpaired) electrons. The number of carbonyl (C=O) groups excluding carboxylic acids is 2. The molecule has 1 fully saturated rings. The number of aliphatic imine (C=N–C) groups is 1. The van der Waals surface area contributed by atoms with Gasteiger partial charge in [-0.25, -0.2) is 4.99 Å². The summed E-state index contributed by atoms with van der Waals surface area (Å²) in [5.41, 5.74) is 2.06. The normalized spacial score (nSPS) is 16.1. The number of hydrogen-bond acceptors (Lipinski definition) is 8. The molecule has 1 atom stereocenters. The minimum absolute atomic E-state index is 0.0244. The molecule has 1 unspecified atom stereocenters. The van der Waals surface area contributed by atoms with Crippen molar-refractivity contribution in [1.82, 2.24) is 4.90 Å². The third-order valence-corrected chi connectivity index (χ3v) is 7.12. The molecule has 204 valence electrons. The van der Waals surface area contributed by atoms with Crippen LogP contribution in [0.5, 0.6) is 23.0 Å². The Morgan fingerprint density at radius 2 is 1.74 bits per heavy atom. The number of rotatable bonds is 10. The van der Waals surface area contributed by atoms with Gasteiger partial charge in [-0.05, 0) is 61.0 Å². The van der Waals surface area contributed by atoms with Gasteiger partial charge in [0.15, 0.2) is 16.7 Å². The van der Waals surface area contributed by atoms with Gasteiger partial charge in [-0.1, -0.05) is 23.9 Å². The summed E-state index contributed by atoms with van der Waals surface area (Å²) in [6.45, 7) is 2.67. The van der Waals surface area contributed by atoms with Gasteiger partial charge < -0.3 is 24.3 Å². The van der Waals surface area contributed by atoms with E-state index in [1.807, 2.05) is 25.1 Å². The second kappa shape index (κ2) is 13.1. The number of thioether (sulfide) groups is 1. The number of nitrogens with one attached hydrogen (secondary N) is 1. The molecule has 9 nitrogen and oxygen atoms in total. The molecule has 1 N–H and O–H groups in total. The van der Waals surface area contributed by atoms with E-state index in [-0.39, 0.29) is 24.8 Å². The van der Waals surface area contributed by atoms with Crippen LogP contribution in [0.25, 0.3) is 0 Å². The zero-order chi connectivity index (χ0) is 27.8. The molecule has 4 rings (SSSR count). The molecular weight excluding hydrogens is 518 g/mol. The van der Waals surface area contributed by atoms with E-state index >= 15 is 0 Å². The molecule has 3 aromatic carbocycles. The van der Waals surface area contributed by atoms with Crippen molar-refractivity contribution in [3.05, 3.63) is 72.3 Å². The van der Waals surface area contributed by atoms with Gasteiger partial charge in [-0.3, -0.25) is 14.5 Å². The predicted molar refractivity (Wildman–Crippen MR) is 152 cm³/mol. The fourth-order valence-electron chi connectivity index (χ4n) is 3.98. The molecule has 0 spiro atoms. The van der Waals surface area contributed by atoms with Crippen LogP contribution in [0, 0.1) is 0 Å². The maximum atomic E-state index is 13.4. The number of amidine groups is 1. The summed E-state index contributed by atoms with van der Waals surface area (Å²) in [6.07, 6.45) is 0.0244. The Bertz CT molecular complexity index is 1350. The Morgan fingerprint density at radius 3 is 2.44 bits per heavy atom. The molecule has 0 saturated carbocycles. The zero-order valence-electron chi connectivity index (χ0n) is 22.3. The standard InChI is InChI=1S/C29H31N3O6S/c1-5-38-23-8-6-7-21(16-23)30-28(34)26-17-27(33)32(18-19-9-14-24(36-3)25(15-19)37-4)29(39-26)31-20-10-12-22(35-2)13-11-20/h6-16,26H,5,17-18H2,1-4H3,(H,30,34). The molecule has 1 aliphatic rings. The Morgan fingerprint density at radius 1 is 0.974 bits per heavy atom. The van der Waals surface area contributed by atoms with Gasteiger partial charge in [-0.15, -0.1) is 0 Å². The first-order chi connectivity index (χ1) is 18.9. The monoisotopic (exact) mass is 549 g/mol. The van der Waals surface area contributed by atoms with Crippen LogP contribution in [0.2, 0.25) is 0 Å².